The van der Waals surface area contributed by atoms with Crippen molar-refractivity contribution < 1.29 is 19.1 Å². The van der Waals surface area contributed by atoms with Gasteiger partial charge in [-0.3, -0.25) is 4.79 Å². The van der Waals surface area contributed by atoms with E-state index in [9.17, 15) is 9.59 Å². The molecule has 0 amide bonds. The first-order valence-corrected chi connectivity index (χ1v) is 8.88. The number of ether oxygens (including phenoxy) is 2. The Bertz CT molecular complexity index is 416. The summed E-state index contributed by atoms with van der Waals surface area (Å²) in [6.45, 7) is 5.38. The van der Waals surface area contributed by atoms with Gasteiger partial charge in [0.15, 0.2) is 6.10 Å². The maximum absolute atomic E-state index is 12.3. The topological polar surface area (TPSA) is 52.6 Å². The second-order valence-electron chi connectivity index (χ2n) is 7.72. The lowest BCUT2D eigenvalue weighted by Gasteiger charge is -2.53. The Balaban J connectivity index is 1.54. The lowest BCUT2D eigenvalue weighted by Crippen LogP contribution is -2.50. The minimum absolute atomic E-state index is 0.0602. The molecule has 124 valence electrons. The quantitative estimate of drug-likeness (QED) is 0.731. The van der Waals surface area contributed by atoms with Crippen LogP contribution in [0.25, 0.3) is 0 Å². The van der Waals surface area contributed by atoms with Crippen LogP contribution in [0.5, 0.6) is 0 Å². The number of carbonyl (C=O) groups excluding carboxylic acids is 2. The molecule has 0 radical (unpaired) electrons. The van der Waals surface area contributed by atoms with Crippen LogP contribution in [0.2, 0.25) is 0 Å². The lowest BCUT2D eigenvalue weighted by molar-refractivity contribution is -0.186. The molecule has 4 saturated carbocycles. The summed E-state index contributed by atoms with van der Waals surface area (Å²) in [5, 5.41) is 0. The van der Waals surface area contributed by atoms with Gasteiger partial charge in [0, 0.05) is 0 Å². The summed E-state index contributed by atoms with van der Waals surface area (Å²) < 4.78 is 11.0. The summed E-state index contributed by atoms with van der Waals surface area (Å²) in [6, 6.07) is 0. The third-order valence-electron chi connectivity index (χ3n) is 6.03. The molecule has 0 aromatic carbocycles. The minimum Gasteiger partial charge on any atom is -0.459 e. The van der Waals surface area contributed by atoms with E-state index in [0.29, 0.717) is 11.8 Å². The number of hydrogen-bond donors (Lipinski definition) is 0. The van der Waals surface area contributed by atoms with Crippen LogP contribution >= 0.6 is 0 Å². The lowest BCUT2D eigenvalue weighted by atomic mass is 9.55. The summed E-state index contributed by atoms with van der Waals surface area (Å²) in [6.07, 6.45) is 6.23. The molecule has 0 spiro atoms. The van der Waals surface area contributed by atoms with Gasteiger partial charge in [-0.15, -0.1) is 0 Å². The molecule has 0 saturated heterocycles. The van der Waals surface area contributed by atoms with Crippen molar-refractivity contribution in [1.82, 2.24) is 0 Å². The van der Waals surface area contributed by atoms with Gasteiger partial charge in [0.1, 0.15) is 6.10 Å². The van der Waals surface area contributed by atoms with E-state index in [1.54, 1.807) is 6.92 Å². The number of esters is 2. The van der Waals surface area contributed by atoms with Crippen molar-refractivity contribution in [3.63, 3.8) is 0 Å². The average Bonchev–Trinajstić information content (AvgIpc) is 2.48. The second-order valence-corrected chi connectivity index (χ2v) is 7.72. The van der Waals surface area contributed by atoms with Gasteiger partial charge < -0.3 is 9.47 Å². The first-order chi connectivity index (χ1) is 10.5. The second kappa shape index (κ2) is 6.21. The van der Waals surface area contributed by atoms with Crippen LogP contribution in [0.15, 0.2) is 0 Å². The SMILES string of the molecule is CCC(C)C(=O)OC(C)C(=O)OC1C2CC3CC(C2)CC1C3. The number of carbonyl (C=O) groups is 2. The maximum atomic E-state index is 12.3. The molecule has 4 rings (SSSR count). The van der Waals surface area contributed by atoms with E-state index in [-0.39, 0.29) is 24.0 Å². The van der Waals surface area contributed by atoms with Crippen molar-refractivity contribution in [2.24, 2.45) is 29.6 Å². The molecule has 2 atom stereocenters. The molecule has 4 bridgehead atoms. The Morgan fingerprint density at radius 1 is 0.955 bits per heavy atom. The first kappa shape index (κ1) is 15.8. The highest BCUT2D eigenvalue weighted by atomic mass is 16.6. The van der Waals surface area contributed by atoms with Crippen molar-refractivity contribution in [3.05, 3.63) is 0 Å². The van der Waals surface area contributed by atoms with Crippen LogP contribution < -0.4 is 0 Å². The summed E-state index contributed by atoms with van der Waals surface area (Å²) in [5.41, 5.74) is 0. The molecule has 0 N–H and O–H groups in total. The largest absolute Gasteiger partial charge is 0.459 e. The van der Waals surface area contributed by atoms with Crippen LogP contribution in [0.3, 0.4) is 0 Å². The van der Waals surface area contributed by atoms with Gasteiger partial charge in [0.2, 0.25) is 0 Å². The van der Waals surface area contributed by atoms with E-state index >= 15 is 0 Å². The predicted octanol–water partition coefficient (Wildman–Crippen LogP) is 3.33. The van der Waals surface area contributed by atoms with Crippen molar-refractivity contribution >= 4 is 11.9 Å². The van der Waals surface area contributed by atoms with Crippen molar-refractivity contribution in [3.8, 4) is 0 Å². The molecule has 4 aliphatic rings. The summed E-state index contributed by atoms with van der Waals surface area (Å²) in [7, 11) is 0. The van der Waals surface area contributed by atoms with Crippen LogP contribution in [0, 0.1) is 29.6 Å². The van der Waals surface area contributed by atoms with Gasteiger partial charge in [-0.2, -0.15) is 0 Å². The van der Waals surface area contributed by atoms with E-state index in [0.717, 1.165) is 18.3 Å². The average molecular weight is 308 g/mol. The van der Waals surface area contributed by atoms with Gasteiger partial charge in [-0.05, 0) is 69.1 Å². The van der Waals surface area contributed by atoms with Crippen LogP contribution in [0.4, 0.5) is 0 Å². The summed E-state index contributed by atoms with van der Waals surface area (Å²) in [4.78, 5) is 24.1. The summed E-state index contributed by atoms with van der Waals surface area (Å²) >= 11 is 0. The zero-order valence-electron chi connectivity index (χ0n) is 13.9. The molecule has 0 aromatic rings. The smallest absolute Gasteiger partial charge is 0.347 e. The highest BCUT2D eigenvalue weighted by molar-refractivity contribution is 5.80. The van der Waals surface area contributed by atoms with E-state index in [1.807, 2.05) is 13.8 Å². The molecular formula is C18H28O4. The fourth-order valence-electron chi connectivity index (χ4n) is 4.80. The van der Waals surface area contributed by atoms with Crippen molar-refractivity contribution in [2.75, 3.05) is 0 Å². The molecule has 0 aliphatic heterocycles. The Morgan fingerprint density at radius 2 is 1.50 bits per heavy atom. The maximum Gasteiger partial charge on any atom is 0.347 e. The van der Waals surface area contributed by atoms with E-state index in [1.165, 1.54) is 32.1 Å². The van der Waals surface area contributed by atoms with Gasteiger partial charge in [0.25, 0.3) is 0 Å². The molecule has 4 nitrogen and oxygen atoms in total. The van der Waals surface area contributed by atoms with Gasteiger partial charge in [-0.1, -0.05) is 13.8 Å². The zero-order chi connectivity index (χ0) is 15.9. The van der Waals surface area contributed by atoms with Crippen LogP contribution in [0.1, 0.15) is 59.3 Å². The predicted molar refractivity (Wildman–Crippen MR) is 81.9 cm³/mol. The van der Waals surface area contributed by atoms with E-state index in [4.69, 9.17) is 9.47 Å². The summed E-state index contributed by atoms with van der Waals surface area (Å²) in [5.74, 6) is 1.95. The fraction of sp³-hybridized carbons (Fsp3) is 0.889. The highest BCUT2D eigenvalue weighted by Gasteiger charge is 2.50. The van der Waals surface area contributed by atoms with E-state index < -0.39 is 6.10 Å². The molecule has 4 fully saturated rings. The van der Waals surface area contributed by atoms with Gasteiger partial charge in [-0.25, -0.2) is 4.79 Å². The van der Waals surface area contributed by atoms with Crippen LogP contribution in [-0.2, 0) is 19.1 Å². The zero-order valence-corrected chi connectivity index (χ0v) is 13.9. The molecule has 2 unspecified atom stereocenters. The standard InChI is InChI=1S/C18H28O4/c1-4-10(2)17(19)21-11(3)18(20)22-16-14-6-12-5-13(8-14)9-15(16)7-12/h10-16H,4-9H2,1-3H3. The van der Waals surface area contributed by atoms with Gasteiger partial charge in [0.05, 0.1) is 5.92 Å². The number of rotatable bonds is 5. The molecular weight excluding hydrogens is 280 g/mol. The number of hydrogen-bond acceptors (Lipinski definition) is 4. The highest BCUT2D eigenvalue weighted by Crippen LogP contribution is 2.54. The third-order valence-corrected chi connectivity index (χ3v) is 6.03. The molecule has 4 heteroatoms. The Kier molecular flexibility index (Phi) is 4.47. The molecule has 4 aliphatic carbocycles. The Morgan fingerprint density at radius 3 is 2.00 bits per heavy atom. The first-order valence-electron chi connectivity index (χ1n) is 8.88. The van der Waals surface area contributed by atoms with Crippen LogP contribution in [-0.4, -0.2) is 24.1 Å². The fourth-order valence-corrected chi connectivity index (χ4v) is 4.80. The minimum atomic E-state index is -0.793. The Hall–Kier alpha value is -1.06. The normalized spacial score (nSPS) is 38.4. The van der Waals surface area contributed by atoms with Crippen molar-refractivity contribution in [1.29, 1.82) is 0 Å². The monoisotopic (exact) mass is 308 g/mol. The van der Waals surface area contributed by atoms with E-state index in [2.05, 4.69) is 0 Å². The molecule has 22 heavy (non-hydrogen) atoms. The molecule has 0 heterocycles. The molecule has 0 aromatic heterocycles. The van der Waals surface area contributed by atoms with Gasteiger partial charge >= 0.3 is 11.9 Å². The van der Waals surface area contributed by atoms with Crippen molar-refractivity contribution in [2.45, 2.75) is 71.5 Å². The third kappa shape index (κ3) is 3.02. The Labute approximate surface area is 132 Å².